The molecule has 0 radical (unpaired) electrons. The minimum Gasteiger partial charge on any atom is -0.347 e. The molecule has 1 heterocycles. The smallest absolute Gasteiger partial charge is 0.251 e. The number of hydrogen-bond donors (Lipinski definition) is 1. The summed E-state index contributed by atoms with van der Waals surface area (Å²) in [7, 11) is 0. The standard InChI is InChI=1S/C29H33N3O2/c1-21(25-7-6-8-26(18-25)22(2)33)28(34)31-29(12-4-3-5-13-29)14-16-32-15-11-24-10-9-23(19-30)17-27(24)20-32/h6-10,17-18H,1,3-5,11-16,20H2,2H3,(H,31,34). The molecule has 0 unspecified atom stereocenters. The summed E-state index contributed by atoms with van der Waals surface area (Å²) >= 11 is 0. The Morgan fingerprint density at radius 2 is 1.85 bits per heavy atom. The van der Waals surface area contributed by atoms with Gasteiger partial charge in [-0.05, 0) is 67.5 Å². The van der Waals surface area contributed by atoms with Gasteiger partial charge in [0.05, 0.1) is 11.6 Å². The zero-order valence-corrected chi connectivity index (χ0v) is 20.0. The molecular weight excluding hydrogens is 422 g/mol. The van der Waals surface area contributed by atoms with Crippen molar-refractivity contribution in [2.45, 2.75) is 64.0 Å². The molecule has 2 aromatic rings. The minimum atomic E-state index is -0.231. The summed E-state index contributed by atoms with van der Waals surface area (Å²) < 4.78 is 0. The van der Waals surface area contributed by atoms with E-state index in [1.54, 1.807) is 18.2 Å². The molecule has 4 rings (SSSR count). The molecule has 1 N–H and O–H groups in total. The van der Waals surface area contributed by atoms with Gasteiger partial charge in [0, 0.05) is 36.3 Å². The Morgan fingerprint density at radius 1 is 1.09 bits per heavy atom. The van der Waals surface area contributed by atoms with E-state index in [9.17, 15) is 14.9 Å². The normalized spacial score (nSPS) is 17.3. The van der Waals surface area contributed by atoms with Crippen molar-refractivity contribution in [3.63, 3.8) is 0 Å². The fourth-order valence-corrected chi connectivity index (χ4v) is 5.29. The highest BCUT2D eigenvalue weighted by Crippen LogP contribution is 2.33. The maximum Gasteiger partial charge on any atom is 0.251 e. The van der Waals surface area contributed by atoms with Gasteiger partial charge in [-0.3, -0.25) is 14.5 Å². The number of nitrogens with one attached hydrogen (secondary N) is 1. The molecule has 176 valence electrons. The fourth-order valence-electron chi connectivity index (χ4n) is 5.29. The predicted molar refractivity (Wildman–Crippen MR) is 134 cm³/mol. The van der Waals surface area contributed by atoms with Crippen LogP contribution < -0.4 is 5.32 Å². The summed E-state index contributed by atoms with van der Waals surface area (Å²) in [6, 6.07) is 15.4. The second-order valence-corrected chi connectivity index (χ2v) is 9.78. The molecule has 34 heavy (non-hydrogen) atoms. The number of carbonyl (C=O) groups excluding carboxylic acids is 2. The second-order valence-electron chi connectivity index (χ2n) is 9.78. The van der Waals surface area contributed by atoms with Gasteiger partial charge in [-0.15, -0.1) is 0 Å². The van der Waals surface area contributed by atoms with Gasteiger partial charge in [0.1, 0.15) is 0 Å². The average molecular weight is 456 g/mol. The molecule has 1 aliphatic heterocycles. The molecule has 2 aliphatic rings. The van der Waals surface area contributed by atoms with Gasteiger partial charge in [-0.2, -0.15) is 5.26 Å². The molecule has 1 saturated carbocycles. The highest BCUT2D eigenvalue weighted by Gasteiger charge is 2.34. The molecule has 1 aliphatic carbocycles. The predicted octanol–water partition coefficient (Wildman–Crippen LogP) is 5.04. The van der Waals surface area contributed by atoms with Crippen molar-refractivity contribution < 1.29 is 9.59 Å². The van der Waals surface area contributed by atoms with Crippen molar-refractivity contribution in [2.24, 2.45) is 0 Å². The number of nitrogens with zero attached hydrogens (tertiary/aromatic N) is 2. The van der Waals surface area contributed by atoms with E-state index in [1.807, 2.05) is 18.2 Å². The maximum atomic E-state index is 13.2. The third-order valence-corrected chi connectivity index (χ3v) is 7.41. The van der Waals surface area contributed by atoms with Crippen molar-refractivity contribution in [1.29, 1.82) is 5.26 Å². The highest BCUT2D eigenvalue weighted by molar-refractivity contribution is 6.19. The van der Waals surface area contributed by atoms with E-state index < -0.39 is 0 Å². The van der Waals surface area contributed by atoms with Crippen molar-refractivity contribution in [1.82, 2.24) is 10.2 Å². The summed E-state index contributed by atoms with van der Waals surface area (Å²) in [4.78, 5) is 27.4. The first-order chi connectivity index (χ1) is 16.4. The lowest BCUT2D eigenvalue weighted by atomic mass is 9.78. The number of nitriles is 1. The van der Waals surface area contributed by atoms with Gasteiger partial charge in [0.25, 0.3) is 5.91 Å². The first-order valence-corrected chi connectivity index (χ1v) is 12.3. The van der Waals surface area contributed by atoms with Crippen LogP contribution in [-0.4, -0.2) is 35.2 Å². The van der Waals surface area contributed by atoms with Crippen LogP contribution in [0, 0.1) is 11.3 Å². The van der Waals surface area contributed by atoms with Gasteiger partial charge >= 0.3 is 0 Å². The Balaban J connectivity index is 1.43. The van der Waals surface area contributed by atoms with E-state index in [-0.39, 0.29) is 17.2 Å². The number of rotatable bonds is 7. The van der Waals surface area contributed by atoms with E-state index in [2.05, 4.69) is 28.9 Å². The molecule has 0 atom stereocenters. The number of benzene rings is 2. The van der Waals surface area contributed by atoms with Crippen LogP contribution in [-0.2, 0) is 17.8 Å². The number of fused-ring (bicyclic) bond motifs is 1. The van der Waals surface area contributed by atoms with Crippen LogP contribution in [0.25, 0.3) is 5.57 Å². The van der Waals surface area contributed by atoms with Crippen molar-refractivity contribution >= 4 is 17.3 Å². The number of ketones is 1. The van der Waals surface area contributed by atoms with Crippen LogP contribution in [0.3, 0.4) is 0 Å². The van der Waals surface area contributed by atoms with Crippen LogP contribution in [0.5, 0.6) is 0 Å². The molecule has 0 aromatic heterocycles. The van der Waals surface area contributed by atoms with E-state index in [0.29, 0.717) is 22.3 Å². The lowest BCUT2D eigenvalue weighted by Crippen LogP contribution is -2.51. The third-order valence-electron chi connectivity index (χ3n) is 7.41. The first-order valence-electron chi connectivity index (χ1n) is 12.3. The summed E-state index contributed by atoms with van der Waals surface area (Å²) in [5.41, 5.74) is 4.74. The quantitative estimate of drug-likeness (QED) is 0.469. The van der Waals surface area contributed by atoms with E-state index in [4.69, 9.17) is 0 Å². The summed E-state index contributed by atoms with van der Waals surface area (Å²) in [6.07, 6.45) is 7.26. The van der Waals surface area contributed by atoms with Crippen LogP contribution >= 0.6 is 0 Å². The largest absolute Gasteiger partial charge is 0.347 e. The molecule has 0 bridgehead atoms. The summed E-state index contributed by atoms with van der Waals surface area (Å²) in [6.45, 7) is 8.33. The monoisotopic (exact) mass is 455 g/mol. The second kappa shape index (κ2) is 10.4. The van der Waals surface area contributed by atoms with Gasteiger partial charge in [0.15, 0.2) is 5.78 Å². The number of carbonyl (C=O) groups is 2. The third kappa shape index (κ3) is 5.46. The van der Waals surface area contributed by atoms with Crippen LogP contribution in [0.15, 0.2) is 49.0 Å². The fraction of sp³-hybridized carbons (Fsp3) is 0.414. The van der Waals surface area contributed by atoms with Crippen molar-refractivity contribution in [2.75, 3.05) is 13.1 Å². The molecular formula is C29H33N3O2. The van der Waals surface area contributed by atoms with Crippen molar-refractivity contribution in [3.05, 3.63) is 76.9 Å². The Bertz CT molecular complexity index is 1140. The Labute approximate surface area is 202 Å². The molecule has 1 fully saturated rings. The van der Waals surface area contributed by atoms with Crippen molar-refractivity contribution in [3.8, 4) is 6.07 Å². The SMILES string of the molecule is C=C(C(=O)NC1(CCN2CCc3ccc(C#N)cc3C2)CCCCC1)c1cccc(C(C)=O)c1. The van der Waals surface area contributed by atoms with Gasteiger partial charge in [0.2, 0.25) is 0 Å². The molecule has 0 spiro atoms. The van der Waals surface area contributed by atoms with Gasteiger partial charge in [-0.1, -0.05) is 50.1 Å². The first kappa shape index (κ1) is 23.9. The highest BCUT2D eigenvalue weighted by atomic mass is 16.2. The molecule has 1 amide bonds. The summed E-state index contributed by atoms with van der Waals surface area (Å²) in [5.74, 6) is -0.172. The Morgan fingerprint density at radius 3 is 2.59 bits per heavy atom. The zero-order valence-electron chi connectivity index (χ0n) is 20.0. The molecule has 5 nitrogen and oxygen atoms in total. The molecule has 2 aromatic carbocycles. The Kier molecular flexibility index (Phi) is 7.29. The average Bonchev–Trinajstić information content (AvgIpc) is 2.87. The van der Waals surface area contributed by atoms with Gasteiger partial charge < -0.3 is 5.32 Å². The maximum absolute atomic E-state index is 13.2. The van der Waals surface area contributed by atoms with E-state index >= 15 is 0 Å². The van der Waals surface area contributed by atoms with Crippen LogP contribution in [0.1, 0.15) is 78.1 Å². The Hall–Kier alpha value is -3.23. The van der Waals surface area contributed by atoms with E-state index in [0.717, 1.165) is 58.2 Å². The number of hydrogen-bond acceptors (Lipinski definition) is 4. The van der Waals surface area contributed by atoms with Crippen LogP contribution in [0.2, 0.25) is 0 Å². The zero-order chi connectivity index (χ0) is 24.1. The van der Waals surface area contributed by atoms with E-state index in [1.165, 1.54) is 24.5 Å². The number of amides is 1. The molecule has 0 saturated heterocycles. The van der Waals surface area contributed by atoms with Gasteiger partial charge in [-0.25, -0.2) is 0 Å². The molecule has 5 heteroatoms. The van der Waals surface area contributed by atoms with Crippen LogP contribution in [0.4, 0.5) is 0 Å². The summed E-state index contributed by atoms with van der Waals surface area (Å²) in [5, 5.41) is 12.6. The minimum absolute atomic E-state index is 0.0243. The topological polar surface area (TPSA) is 73.2 Å². The number of Topliss-reactive ketones (excluding diaryl/α,β-unsaturated/α-hetero) is 1. The lowest BCUT2D eigenvalue weighted by Gasteiger charge is -2.40. The lowest BCUT2D eigenvalue weighted by molar-refractivity contribution is -0.118.